The summed E-state index contributed by atoms with van der Waals surface area (Å²) < 4.78 is 0. The molecule has 2 unspecified atom stereocenters. The van der Waals surface area contributed by atoms with Gasteiger partial charge in [0, 0.05) is 35.5 Å². The topological polar surface area (TPSA) is 51.2 Å². The van der Waals surface area contributed by atoms with Gasteiger partial charge in [-0.05, 0) is 136 Å². The Hall–Kier alpha value is -2.55. The van der Waals surface area contributed by atoms with Gasteiger partial charge in [-0.3, -0.25) is 14.4 Å². The zero-order valence-corrected chi connectivity index (χ0v) is 73.8. The third-order valence-corrected chi connectivity index (χ3v) is 13.5. The van der Waals surface area contributed by atoms with E-state index in [0.29, 0.717) is 74.5 Å². The largest absolute Gasteiger partial charge is 0.300 e. The van der Waals surface area contributed by atoms with Gasteiger partial charge in [0.15, 0.2) is 0 Å². The molecule has 0 saturated heterocycles. The highest BCUT2D eigenvalue weighted by atomic mass is 16.1. The Kier molecular flexibility index (Phi) is 79.0. The molecule has 2 atom stereocenters. The van der Waals surface area contributed by atoms with Crippen molar-refractivity contribution >= 4 is 17.3 Å². The second-order valence-corrected chi connectivity index (χ2v) is 40.0. The minimum atomic E-state index is -0.196. The Morgan fingerprint density at radius 3 is 0.546 bits per heavy atom. The standard InChI is InChI=1S/C17H20.C9H18O.3C9H20.C7H14O.3C7H16.C5H10O.C5H12.3CH4/c1-14(16-9-5-3-6-10-16)13-15(2)17-11-7-4-8-12-17;1-8(2,3)7(10)9(4,5)6;3*1-8(2,3)7-9(4,5)6;1-5(2)7(8)6(3)4;3*1-6(2)5-7(3)4;1-3-5(6)4-2;1-3-5-4-2;;;/h3-12,14-15H,13H2,1-2H3;1-6H3;3*7H2,1-6H3;5-6H,1-4H3;3*6-7H,5H2,1-4H3;3-4H2,1-2H3;3-5H2,1-2H3;3*1H4. The molecule has 0 amide bonds. The van der Waals surface area contributed by atoms with Crippen LogP contribution in [0, 0.1) is 90.7 Å². The summed E-state index contributed by atoms with van der Waals surface area (Å²) in [6.45, 7) is 101. The predicted molar refractivity (Wildman–Crippen MR) is 457 cm³/mol. The smallest absolute Gasteiger partial charge is 0.143 e. The molecule has 0 radical (unpaired) electrons. The van der Waals surface area contributed by atoms with Gasteiger partial charge in [-0.1, -0.05) is 421 Å². The van der Waals surface area contributed by atoms with Crippen LogP contribution in [0.5, 0.6) is 0 Å². The molecule has 2 aromatic rings. The second-order valence-electron chi connectivity index (χ2n) is 40.0. The minimum Gasteiger partial charge on any atom is -0.300 e. The maximum absolute atomic E-state index is 11.5. The van der Waals surface area contributed by atoms with Gasteiger partial charge in [0.25, 0.3) is 0 Å². The van der Waals surface area contributed by atoms with Crippen molar-refractivity contribution in [1.82, 2.24) is 0 Å². The molecule has 0 aliphatic carbocycles. The molecule has 0 N–H and O–H groups in total. The van der Waals surface area contributed by atoms with Gasteiger partial charge < -0.3 is 0 Å². The summed E-state index contributed by atoms with van der Waals surface area (Å²) in [7, 11) is 0. The molecule has 588 valence electrons. The maximum Gasteiger partial charge on any atom is 0.143 e. The first-order valence-corrected chi connectivity index (χ1v) is 38.4. The van der Waals surface area contributed by atoms with Gasteiger partial charge in [0.05, 0.1) is 0 Å². The molecule has 3 nitrogen and oxygen atoms in total. The van der Waals surface area contributed by atoms with Crippen LogP contribution in [0.4, 0.5) is 0 Å². The van der Waals surface area contributed by atoms with Crippen LogP contribution in [0.3, 0.4) is 0 Å². The van der Waals surface area contributed by atoms with Crippen molar-refractivity contribution in [2.75, 3.05) is 0 Å². The first kappa shape index (κ1) is 121. The molecule has 2 aromatic carbocycles. The highest BCUT2D eigenvalue weighted by molar-refractivity contribution is 5.88. The summed E-state index contributed by atoms with van der Waals surface area (Å²) in [6.07, 6.45) is 14.6. The zero-order chi connectivity index (χ0) is 77.2. The molecular weight excluding hydrogens is 1180 g/mol. The monoisotopic (exact) mass is 1370 g/mol. The number of carbonyl (C=O) groups is 3. The van der Waals surface area contributed by atoms with Gasteiger partial charge in [0.1, 0.15) is 17.3 Å². The maximum atomic E-state index is 11.5. The minimum absolute atomic E-state index is 0. The number of hydrogen-bond donors (Lipinski definition) is 0. The Morgan fingerprint density at radius 2 is 0.485 bits per heavy atom. The summed E-state index contributed by atoms with van der Waals surface area (Å²) in [6, 6.07) is 21.6. The first-order chi connectivity index (χ1) is 41.7. The molecule has 0 saturated carbocycles. The Morgan fingerprint density at radius 1 is 0.299 bits per heavy atom. The van der Waals surface area contributed by atoms with E-state index < -0.39 is 0 Å². The number of ketones is 3. The molecule has 97 heavy (non-hydrogen) atoms. The summed E-state index contributed by atoms with van der Waals surface area (Å²) in [4.78, 5) is 32.5. The van der Waals surface area contributed by atoms with E-state index >= 15 is 0 Å². The lowest BCUT2D eigenvalue weighted by atomic mass is 9.76. The highest BCUT2D eigenvalue weighted by Gasteiger charge is 2.32. The molecule has 3 heteroatoms. The van der Waals surface area contributed by atoms with E-state index in [1.807, 2.05) is 83.1 Å². The molecule has 0 aliphatic rings. The molecule has 0 aliphatic heterocycles. The van der Waals surface area contributed by atoms with Crippen molar-refractivity contribution in [1.29, 1.82) is 0 Å². The second kappa shape index (κ2) is 63.2. The van der Waals surface area contributed by atoms with Crippen molar-refractivity contribution in [2.24, 2.45) is 90.7 Å². The molecule has 0 fully saturated rings. The normalized spacial score (nSPS) is 12.0. The average Bonchev–Trinajstić information content (AvgIpc) is 0.888. The van der Waals surface area contributed by atoms with E-state index in [1.165, 1.54) is 75.3 Å². The summed E-state index contributed by atoms with van der Waals surface area (Å²) in [5, 5.41) is 0. The lowest BCUT2D eigenvalue weighted by Gasteiger charge is -2.28. The number of Topliss-reactive ketones (excluding diaryl/α,β-unsaturated/α-hetero) is 3. The number of unbranched alkanes of at least 4 members (excludes halogenated alkanes) is 2. The van der Waals surface area contributed by atoms with Crippen LogP contribution in [-0.2, 0) is 14.4 Å². The van der Waals surface area contributed by atoms with Gasteiger partial charge in [-0.15, -0.1) is 0 Å². The molecule has 0 heterocycles. The third kappa shape index (κ3) is 118. The van der Waals surface area contributed by atoms with E-state index in [2.05, 4.69) is 296 Å². The lowest BCUT2D eigenvalue weighted by Crippen LogP contribution is -2.32. The van der Waals surface area contributed by atoms with Crippen molar-refractivity contribution < 1.29 is 14.4 Å². The first-order valence-electron chi connectivity index (χ1n) is 38.4. The highest BCUT2D eigenvalue weighted by Crippen LogP contribution is 2.34. The SMILES string of the molecule is C.C.C.CC(C)(C)C(=O)C(C)(C)C.CC(C)(C)CC(C)(C)C.CC(C)(C)CC(C)(C)C.CC(C)(C)CC(C)(C)C.CC(C)C(=O)C(C)C.CC(C)CC(C)C.CC(C)CC(C)C.CC(C)CC(C)C.CC(CC(C)c1ccccc1)c1ccccc1.CCC(=O)CC.CCCCC. The predicted octanol–water partition coefficient (Wildman–Crippen LogP) is 33.5. The van der Waals surface area contributed by atoms with E-state index in [9.17, 15) is 14.4 Å². The average molecular weight is 1370 g/mol. The quantitative estimate of drug-likeness (QED) is 0.168. The molecular formula is C94H194O3. The third-order valence-electron chi connectivity index (χ3n) is 13.5. The molecule has 0 spiro atoms. The number of carbonyl (C=O) groups excluding carboxylic acids is 3. The van der Waals surface area contributed by atoms with Crippen molar-refractivity contribution in [3.8, 4) is 0 Å². The van der Waals surface area contributed by atoms with Gasteiger partial charge in [-0.25, -0.2) is 0 Å². The van der Waals surface area contributed by atoms with Crippen LogP contribution in [0.2, 0.25) is 0 Å². The van der Waals surface area contributed by atoms with E-state index in [0.717, 1.165) is 35.5 Å². The molecule has 2 rings (SSSR count). The fourth-order valence-electron chi connectivity index (χ4n) is 12.4. The van der Waals surface area contributed by atoms with Gasteiger partial charge in [-0.2, -0.15) is 0 Å². The number of benzene rings is 2. The molecule has 0 bridgehead atoms. The summed E-state index contributed by atoms with van der Waals surface area (Å²) in [5.74, 6) is 7.91. The van der Waals surface area contributed by atoms with Crippen LogP contribution in [-0.4, -0.2) is 17.3 Å². The van der Waals surface area contributed by atoms with Crippen molar-refractivity contribution in [3.63, 3.8) is 0 Å². The van der Waals surface area contributed by atoms with Crippen LogP contribution < -0.4 is 0 Å². The van der Waals surface area contributed by atoms with Gasteiger partial charge >= 0.3 is 0 Å². The zero-order valence-electron chi connectivity index (χ0n) is 73.8. The Bertz CT molecular complexity index is 1720. The number of hydrogen-bond acceptors (Lipinski definition) is 3. The van der Waals surface area contributed by atoms with E-state index in [4.69, 9.17) is 0 Å². The van der Waals surface area contributed by atoms with Crippen molar-refractivity contribution in [2.45, 2.75) is 430 Å². The Labute approximate surface area is 620 Å². The van der Waals surface area contributed by atoms with Crippen LogP contribution in [0.1, 0.15) is 441 Å². The summed E-state index contributed by atoms with van der Waals surface area (Å²) >= 11 is 0. The van der Waals surface area contributed by atoms with Crippen LogP contribution in [0.25, 0.3) is 0 Å². The van der Waals surface area contributed by atoms with Crippen LogP contribution in [0.15, 0.2) is 60.7 Å². The van der Waals surface area contributed by atoms with Crippen LogP contribution >= 0.6 is 0 Å². The molecule has 0 aromatic heterocycles. The number of rotatable bonds is 16. The van der Waals surface area contributed by atoms with E-state index in [1.54, 1.807) is 0 Å². The van der Waals surface area contributed by atoms with Crippen molar-refractivity contribution in [3.05, 3.63) is 71.8 Å². The Balaban J connectivity index is -0.0000000832. The fraction of sp³-hybridized carbons (Fsp3) is 0.840. The fourth-order valence-corrected chi connectivity index (χ4v) is 12.4. The van der Waals surface area contributed by atoms with E-state index in [-0.39, 0.29) is 44.9 Å². The van der Waals surface area contributed by atoms with Gasteiger partial charge in [0.2, 0.25) is 0 Å². The lowest BCUT2D eigenvalue weighted by molar-refractivity contribution is -0.134. The summed E-state index contributed by atoms with van der Waals surface area (Å²) in [5.41, 5.74) is 5.39.